The summed E-state index contributed by atoms with van der Waals surface area (Å²) < 4.78 is 38.5. The van der Waals surface area contributed by atoms with Crippen molar-refractivity contribution in [2.75, 3.05) is 17.0 Å². The van der Waals surface area contributed by atoms with Gasteiger partial charge in [0.25, 0.3) is 0 Å². The first-order valence-corrected chi connectivity index (χ1v) is 13.2. The van der Waals surface area contributed by atoms with Crippen LogP contribution in [-0.4, -0.2) is 37.0 Å². The van der Waals surface area contributed by atoms with Crippen LogP contribution in [0.3, 0.4) is 0 Å². The van der Waals surface area contributed by atoms with Crippen molar-refractivity contribution in [1.29, 1.82) is 0 Å². The lowest BCUT2D eigenvalue weighted by Gasteiger charge is -2.55. The Morgan fingerprint density at radius 1 is 1.18 bits per heavy atom. The molecule has 0 saturated carbocycles. The quantitative estimate of drug-likeness (QED) is 0.509. The second kappa shape index (κ2) is 9.01. The highest BCUT2D eigenvalue weighted by Crippen LogP contribution is 2.57. The molecule has 0 saturated heterocycles. The Labute approximate surface area is 202 Å². The first-order valence-electron chi connectivity index (χ1n) is 11.0. The molecule has 0 aromatic heterocycles. The van der Waals surface area contributed by atoms with E-state index in [1.165, 1.54) is 7.11 Å². The van der Waals surface area contributed by atoms with E-state index in [0.29, 0.717) is 24.3 Å². The van der Waals surface area contributed by atoms with Crippen LogP contribution in [0.5, 0.6) is 11.5 Å². The maximum Gasteiger partial charge on any atom is 0.246 e. The average molecular weight is 496 g/mol. The van der Waals surface area contributed by atoms with Crippen molar-refractivity contribution in [3.8, 4) is 11.5 Å². The molecule has 1 unspecified atom stereocenters. The zero-order valence-corrected chi connectivity index (χ0v) is 21.7. The predicted molar refractivity (Wildman–Crippen MR) is 133 cm³/mol. The van der Waals surface area contributed by atoms with Gasteiger partial charge in [-0.05, 0) is 43.7 Å². The van der Waals surface area contributed by atoms with Crippen LogP contribution in [0.2, 0.25) is 0 Å². The number of alkyl halides is 1. The van der Waals surface area contributed by atoms with Crippen molar-refractivity contribution in [1.82, 2.24) is 0 Å². The molecule has 0 radical (unpaired) electrons. The molecule has 33 heavy (non-hydrogen) atoms. The molecule has 2 atom stereocenters. The van der Waals surface area contributed by atoms with Crippen LogP contribution in [-0.2, 0) is 16.4 Å². The van der Waals surface area contributed by atoms with E-state index in [9.17, 15) is 13.5 Å². The molecule has 0 fully saturated rings. The van der Waals surface area contributed by atoms with Gasteiger partial charge in [-0.1, -0.05) is 51.1 Å². The van der Waals surface area contributed by atoms with E-state index in [0.717, 1.165) is 11.1 Å². The molecule has 1 aliphatic rings. The molecule has 0 bridgehead atoms. The summed E-state index contributed by atoms with van der Waals surface area (Å²) in [6.45, 7) is 10.0. The second-order valence-corrected chi connectivity index (χ2v) is 12.5. The Morgan fingerprint density at radius 3 is 2.36 bits per heavy atom. The van der Waals surface area contributed by atoms with Crippen LogP contribution in [0.15, 0.2) is 42.5 Å². The smallest absolute Gasteiger partial charge is 0.246 e. The lowest BCUT2D eigenvalue weighted by molar-refractivity contribution is -0.167. The zero-order chi connectivity index (χ0) is 24.7. The molecule has 8 heteroatoms. The van der Waals surface area contributed by atoms with Crippen LogP contribution in [0, 0.1) is 5.41 Å². The van der Waals surface area contributed by atoms with Gasteiger partial charge < -0.3 is 14.6 Å². The van der Waals surface area contributed by atoms with Gasteiger partial charge in [0, 0.05) is 17.5 Å². The summed E-state index contributed by atoms with van der Waals surface area (Å²) in [4.78, 5) is 0. The van der Waals surface area contributed by atoms with Crippen molar-refractivity contribution >= 4 is 27.3 Å². The largest absolute Gasteiger partial charge is 0.495 e. The fourth-order valence-corrected chi connectivity index (χ4v) is 5.62. The number of halogens is 1. The fourth-order valence-electron chi connectivity index (χ4n) is 4.91. The van der Waals surface area contributed by atoms with E-state index >= 15 is 0 Å². The maximum absolute atomic E-state index is 12.3. The first-order chi connectivity index (χ1) is 15.2. The van der Waals surface area contributed by atoms with E-state index in [1.807, 2.05) is 32.0 Å². The summed E-state index contributed by atoms with van der Waals surface area (Å²) in [6.07, 6.45) is 1.19. The van der Waals surface area contributed by atoms with E-state index in [-0.39, 0.29) is 17.0 Å². The summed E-state index contributed by atoms with van der Waals surface area (Å²) in [5.41, 5.74) is -0.300. The lowest BCUT2D eigenvalue weighted by Crippen LogP contribution is -2.62. The molecule has 2 aromatic rings. The minimum atomic E-state index is -3.73. The van der Waals surface area contributed by atoms with Gasteiger partial charge in [-0.3, -0.25) is 4.72 Å². The van der Waals surface area contributed by atoms with Gasteiger partial charge >= 0.3 is 0 Å². The molecule has 182 valence electrons. The first kappa shape index (κ1) is 25.7. The van der Waals surface area contributed by atoms with Gasteiger partial charge in [0.2, 0.25) is 10.0 Å². The van der Waals surface area contributed by atoms with Gasteiger partial charge in [0.15, 0.2) is 0 Å². The minimum Gasteiger partial charge on any atom is -0.495 e. The molecular formula is C25H34ClNO5S. The third-order valence-corrected chi connectivity index (χ3v) is 8.12. The SMILES string of the molecule is COc1cc2c(cc1NS(=O)(=O)CCl)OC(C)(C)[C@@](O)(CCc1ccccc1)C2C(C)(C)C. The maximum atomic E-state index is 12.3. The number of ether oxygens (including phenoxy) is 2. The number of sulfonamides is 1. The second-order valence-electron chi connectivity index (χ2n) is 10.2. The van der Waals surface area contributed by atoms with E-state index in [2.05, 4.69) is 37.6 Å². The van der Waals surface area contributed by atoms with Crippen LogP contribution < -0.4 is 14.2 Å². The minimum absolute atomic E-state index is 0.245. The van der Waals surface area contributed by atoms with Gasteiger partial charge in [0.05, 0.1) is 12.8 Å². The zero-order valence-electron chi connectivity index (χ0n) is 20.1. The average Bonchev–Trinajstić information content (AvgIpc) is 2.72. The number of hydrogen-bond acceptors (Lipinski definition) is 5. The molecule has 1 heterocycles. The number of rotatable bonds is 7. The summed E-state index contributed by atoms with van der Waals surface area (Å²) in [7, 11) is -2.26. The highest BCUT2D eigenvalue weighted by atomic mass is 35.5. The molecule has 0 amide bonds. The van der Waals surface area contributed by atoms with E-state index in [1.54, 1.807) is 12.1 Å². The van der Waals surface area contributed by atoms with Crippen molar-refractivity contribution in [2.45, 2.75) is 64.6 Å². The third kappa shape index (κ3) is 5.10. The summed E-state index contributed by atoms with van der Waals surface area (Å²) in [5, 5.41) is 11.7. The van der Waals surface area contributed by atoms with Gasteiger partial charge in [-0.15, -0.1) is 11.6 Å². The monoisotopic (exact) mass is 495 g/mol. The Balaban J connectivity index is 2.13. The molecule has 0 aliphatic carbocycles. The fraction of sp³-hybridized carbons (Fsp3) is 0.520. The van der Waals surface area contributed by atoms with Crippen LogP contribution in [0.1, 0.15) is 58.1 Å². The third-order valence-electron chi connectivity index (χ3n) is 6.44. The highest BCUT2D eigenvalue weighted by Gasteiger charge is 2.58. The predicted octanol–water partition coefficient (Wildman–Crippen LogP) is 5.30. The standard InChI is InChI=1S/C25H34ClNO5S/c1-23(2,3)22-18-14-21(31-6)19(27-33(29,30)16-26)15-20(18)32-24(4,5)25(22,28)13-12-17-10-8-7-9-11-17/h7-11,14-15,22,27-28H,12-13,16H2,1-6H3/t22?,25-/m1/s1. The summed E-state index contributed by atoms with van der Waals surface area (Å²) >= 11 is 5.58. The molecule has 0 spiro atoms. The molecule has 3 rings (SSSR count). The summed E-state index contributed by atoms with van der Waals surface area (Å²) in [5.74, 6) is 0.544. The highest BCUT2D eigenvalue weighted by molar-refractivity contribution is 7.93. The van der Waals surface area contributed by atoms with Crippen LogP contribution in [0.4, 0.5) is 5.69 Å². The Morgan fingerprint density at radius 2 is 1.82 bits per heavy atom. The van der Waals surface area contributed by atoms with E-state index in [4.69, 9.17) is 21.1 Å². The molecule has 2 N–H and O–H groups in total. The van der Waals surface area contributed by atoms with Crippen LogP contribution in [0.25, 0.3) is 0 Å². The van der Waals surface area contributed by atoms with Gasteiger partial charge in [-0.2, -0.15) is 0 Å². The number of fused-ring (bicyclic) bond motifs is 1. The van der Waals surface area contributed by atoms with Crippen molar-refractivity contribution < 1.29 is 23.0 Å². The number of aliphatic hydroxyl groups is 1. The lowest BCUT2D eigenvalue weighted by atomic mass is 9.59. The van der Waals surface area contributed by atoms with Crippen molar-refractivity contribution in [3.63, 3.8) is 0 Å². The van der Waals surface area contributed by atoms with E-state index < -0.39 is 26.4 Å². The molecule has 6 nitrogen and oxygen atoms in total. The van der Waals surface area contributed by atoms with Crippen molar-refractivity contribution in [3.05, 3.63) is 53.6 Å². The normalized spacial score (nSPS) is 22.2. The summed E-state index contributed by atoms with van der Waals surface area (Å²) in [6, 6.07) is 13.5. The number of benzene rings is 2. The number of anilines is 1. The van der Waals surface area contributed by atoms with Gasteiger partial charge in [0.1, 0.15) is 27.9 Å². The Bertz CT molecular complexity index is 1100. The molecule has 1 aliphatic heterocycles. The Hall–Kier alpha value is -1.96. The van der Waals surface area contributed by atoms with Crippen molar-refractivity contribution in [2.24, 2.45) is 5.41 Å². The number of hydrogen-bond donors (Lipinski definition) is 2. The molecule has 2 aromatic carbocycles. The topological polar surface area (TPSA) is 84.9 Å². The number of methoxy groups -OCH3 is 1. The van der Waals surface area contributed by atoms with Crippen LogP contribution >= 0.6 is 11.6 Å². The van der Waals surface area contributed by atoms with Gasteiger partial charge in [-0.25, -0.2) is 8.42 Å². The Kier molecular flexibility index (Phi) is 7.00. The number of aryl methyl sites for hydroxylation is 1. The molecular weight excluding hydrogens is 462 g/mol. The number of nitrogens with one attached hydrogen (secondary N) is 1.